The van der Waals surface area contributed by atoms with Gasteiger partial charge in [-0.05, 0) is 64.1 Å². The molecule has 0 bridgehead atoms. The fraction of sp³-hybridized carbons (Fsp3) is 0.304. The highest BCUT2D eigenvalue weighted by Crippen LogP contribution is 2.44. The van der Waals surface area contributed by atoms with Crippen LogP contribution in [0.4, 0.5) is 5.69 Å². The summed E-state index contributed by atoms with van der Waals surface area (Å²) in [5, 5.41) is 9.67. The molecule has 7 nitrogen and oxygen atoms in total. The van der Waals surface area contributed by atoms with E-state index in [1.165, 1.54) is 6.26 Å². The number of aromatic hydroxyl groups is 1. The Hall–Kier alpha value is -3.48. The number of phenolic OH excluding ortho intramolecular Hbond substituents is 1. The standard InChI is InChI=1S/C23H25NO6/c1-5-28-22(26)19-14(3)24(16-9-11-17(25)12-10-16)15(4)20(23(27)29-6-2)21(19)18-8-7-13-30-18/h7-13,21,25H,5-6H2,1-4H3. The van der Waals surface area contributed by atoms with E-state index in [2.05, 4.69) is 0 Å². The third kappa shape index (κ3) is 3.83. The lowest BCUT2D eigenvalue weighted by molar-refractivity contribution is -0.139. The Morgan fingerprint density at radius 2 is 1.50 bits per heavy atom. The van der Waals surface area contributed by atoms with Gasteiger partial charge in [-0.3, -0.25) is 0 Å². The number of rotatable bonds is 6. The fourth-order valence-electron chi connectivity index (χ4n) is 3.73. The van der Waals surface area contributed by atoms with Gasteiger partial charge in [-0.15, -0.1) is 0 Å². The largest absolute Gasteiger partial charge is 0.508 e. The van der Waals surface area contributed by atoms with E-state index in [1.807, 2.05) is 0 Å². The zero-order valence-electron chi connectivity index (χ0n) is 17.5. The first-order valence-electron chi connectivity index (χ1n) is 9.79. The summed E-state index contributed by atoms with van der Waals surface area (Å²) in [5.41, 5.74) is 2.49. The van der Waals surface area contributed by atoms with Crippen molar-refractivity contribution in [2.75, 3.05) is 18.1 Å². The van der Waals surface area contributed by atoms with E-state index in [0.717, 1.165) is 0 Å². The minimum absolute atomic E-state index is 0.115. The molecule has 0 aliphatic carbocycles. The van der Waals surface area contributed by atoms with Gasteiger partial charge < -0.3 is 23.9 Å². The van der Waals surface area contributed by atoms with Gasteiger partial charge in [0.1, 0.15) is 11.5 Å². The molecule has 0 amide bonds. The zero-order chi connectivity index (χ0) is 21.8. The van der Waals surface area contributed by atoms with Crippen molar-refractivity contribution in [2.45, 2.75) is 33.6 Å². The number of hydrogen-bond donors (Lipinski definition) is 1. The molecule has 1 aromatic carbocycles. The number of phenols is 1. The summed E-state index contributed by atoms with van der Waals surface area (Å²) in [4.78, 5) is 27.8. The van der Waals surface area contributed by atoms with E-state index < -0.39 is 17.9 Å². The summed E-state index contributed by atoms with van der Waals surface area (Å²) in [6, 6.07) is 9.94. The van der Waals surface area contributed by atoms with E-state index in [4.69, 9.17) is 13.9 Å². The lowest BCUT2D eigenvalue weighted by Crippen LogP contribution is -2.35. The molecule has 1 N–H and O–H groups in total. The first-order chi connectivity index (χ1) is 14.4. The molecular formula is C23H25NO6. The van der Waals surface area contributed by atoms with Gasteiger partial charge in [-0.25, -0.2) is 9.59 Å². The highest BCUT2D eigenvalue weighted by molar-refractivity contribution is 6.01. The predicted octanol–water partition coefficient (Wildman–Crippen LogP) is 4.26. The minimum Gasteiger partial charge on any atom is -0.508 e. The maximum atomic E-state index is 13.0. The van der Waals surface area contributed by atoms with E-state index in [-0.39, 0.29) is 19.0 Å². The Morgan fingerprint density at radius 3 is 1.93 bits per heavy atom. The number of ether oxygens (including phenoxy) is 2. The van der Waals surface area contributed by atoms with Crippen molar-refractivity contribution in [1.82, 2.24) is 0 Å². The maximum Gasteiger partial charge on any atom is 0.336 e. The molecule has 0 saturated heterocycles. The SMILES string of the molecule is CCOC(=O)C1=C(C)N(c2ccc(O)cc2)C(C)=C(C(=O)OCC)C1c1ccco1. The Balaban J connectivity index is 2.28. The summed E-state index contributed by atoms with van der Waals surface area (Å²) < 4.78 is 16.3. The van der Waals surface area contributed by atoms with E-state index in [0.29, 0.717) is 34.0 Å². The van der Waals surface area contributed by atoms with Crippen LogP contribution in [0, 0.1) is 0 Å². The highest BCUT2D eigenvalue weighted by atomic mass is 16.5. The number of anilines is 1. The molecule has 2 aromatic rings. The summed E-state index contributed by atoms with van der Waals surface area (Å²) in [5.74, 6) is -1.26. The van der Waals surface area contributed by atoms with Crippen LogP contribution in [0.3, 0.4) is 0 Å². The van der Waals surface area contributed by atoms with Gasteiger partial charge in [-0.1, -0.05) is 0 Å². The number of furan rings is 1. The van der Waals surface area contributed by atoms with Crippen molar-refractivity contribution in [3.63, 3.8) is 0 Å². The molecule has 2 heterocycles. The van der Waals surface area contributed by atoms with E-state index >= 15 is 0 Å². The summed E-state index contributed by atoms with van der Waals surface area (Å²) in [6.07, 6.45) is 1.50. The van der Waals surface area contributed by atoms with Crippen LogP contribution in [0.5, 0.6) is 5.75 Å². The molecule has 3 rings (SSSR count). The molecular weight excluding hydrogens is 386 g/mol. The van der Waals surface area contributed by atoms with Crippen LogP contribution in [0.1, 0.15) is 39.4 Å². The van der Waals surface area contributed by atoms with Gasteiger partial charge in [-0.2, -0.15) is 0 Å². The van der Waals surface area contributed by atoms with Crippen LogP contribution in [0.15, 0.2) is 69.6 Å². The molecule has 0 unspecified atom stereocenters. The molecule has 0 fully saturated rings. The van der Waals surface area contributed by atoms with Crippen LogP contribution < -0.4 is 4.90 Å². The second-order valence-electron chi connectivity index (χ2n) is 6.74. The molecule has 30 heavy (non-hydrogen) atoms. The molecule has 0 spiro atoms. The highest BCUT2D eigenvalue weighted by Gasteiger charge is 2.42. The first kappa shape index (κ1) is 21.2. The van der Waals surface area contributed by atoms with Gasteiger partial charge in [0.2, 0.25) is 0 Å². The van der Waals surface area contributed by atoms with Gasteiger partial charge >= 0.3 is 11.9 Å². The van der Waals surface area contributed by atoms with Crippen LogP contribution >= 0.6 is 0 Å². The van der Waals surface area contributed by atoms with Crippen molar-refractivity contribution in [3.05, 3.63) is 71.0 Å². The average molecular weight is 411 g/mol. The lowest BCUT2D eigenvalue weighted by Gasteiger charge is -2.37. The number of carbonyl (C=O) groups is 2. The second-order valence-corrected chi connectivity index (χ2v) is 6.74. The average Bonchev–Trinajstić information content (AvgIpc) is 3.23. The summed E-state index contributed by atoms with van der Waals surface area (Å²) in [7, 11) is 0. The fourth-order valence-corrected chi connectivity index (χ4v) is 3.73. The molecule has 0 atom stereocenters. The molecule has 1 aliphatic heterocycles. The van der Waals surface area contributed by atoms with Crippen molar-refractivity contribution < 1.29 is 28.6 Å². The van der Waals surface area contributed by atoms with Crippen LogP contribution in [-0.4, -0.2) is 30.3 Å². The number of benzene rings is 1. The molecule has 1 aromatic heterocycles. The molecule has 1 aliphatic rings. The van der Waals surface area contributed by atoms with Crippen molar-refractivity contribution in [3.8, 4) is 5.75 Å². The normalized spacial score (nSPS) is 14.9. The lowest BCUT2D eigenvalue weighted by atomic mass is 9.82. The number of hydrogen-bond acceptors (Lipinski definition) is 7. The van der Waals surface area contributed by atoms with Crippen molar-refractivity contribution >= 4 is 17.6 Å². The molecule has 0 radical (unpaired) electrons. The molecule has 0 saturated carbocycles. The van der Waals surface area contributed by atoms with Crippen LogP contribution in [0.25, 0.3) is 0 Å². The minimum atomic E-state index is -0.758. The first-order valence-corrected chi connectivity index (χ1v) is 9.79. The third-order valence-corrected chi connectivity index (χ3v) is 4.95. The summed E-state index contributed by atoms with van der Waals surface area (Å²) >= 11 is 0. The number of esters is 2. The Labute approximate surface area is 175 Å². The van der Waals surface area contributed by atoms with Crippen LogP contribution in [-0.2, 0) is 19.1 Å². The Bertz CT molecular complexity index is 943. The smallest absolute Gasteiger partial charge is 0.336 e. The maximum absolute atomic E-state index is 13.0. The molecule has 158 valence electrons. The monoisotopic (exact) mass is 411 g/mol. The van der Waals surface area contributed by atoms with Crippen molar-refractivity contribution in [1.29, 1.82) is 0 Å². The number of nitrogens with zero attached hydrogens (tertiary/aromatic N) is 1. The quantitative estimate of drug-likeness (QED) is 0.710. The van der Waals surface area contributed by atoms with Crippen LogP contribution in [0.2, 0.25) is 0 Å². The second kappa shape index (κ2) is 8.90. The van der Waals surface area contributed by atoms with Gasteiger partial charge in [0, 0.05) is 17.1 Å². The predicted molar refractivity (Wildman–Crippen MR) is 111 cm³/mol. The number of carbonyl (C=O) groups excluding carboxylic acids is 2. The van der Waals surface area contributed by atoms with Gasteiger partial charge in [0.05, 0.1) is 36.5 Å². The van der Waals surface area contributed by atoms with E-state index in [1.54, 1.807) is 69.0 Å². The van der Waals surface area contributed by atoms with Gasteiger partial charge in [0.25, 0.3) is 0 Å². The Morgan fingerprint density at radius 1 is 0.967 bits per heavy atom. The third-order valence-electron chi connectivity index (χ3n) is 4.95. The Kier molecular flexibility index (Phi) is 6.30. The van der Waals surface area contributed by atoms with Crippen molar-refractivity contribution in [2.24, 2.45) is 0 Å². The zero-order valence-corrected chi connectivity index (χ0v) is 17.5. The molecule has 7 heteroatoms. The topological polar surface area (TPSA) is 89.2 Å². The summed E-state index contributed by atoms with van der Waals surface area (Å²) in [6.45, 7) is 7.42. The van der Waals surface area contributed by atoms with E-state index in [9.17, 15) is 14.7 Å². The van der Waals surface area contributed by atoms with Gasteiger partial charge in [0.15, 0.2) is 0 Å². The number of allylic oxidation sites excluding steroid dienone is 2.